The van der Waals surface area contributed by atoms with Crippen LogP contribution in [0.15, 0.2) is 34.7 Å². The molecule has 0 spiro atoms. The van der Waals surface area contributed by atoms with Gasteiger partial charge in [0, 0.05) is 6.07 Å². The average molecular weight is 323 g/mol. The molecule has 0 amide bonds. The minimum Gasteiger partial charge on any atom is -0.496 e. The van der Waals surface area contributed by atoms with Crippen LogP contribution in [0.3, 0.4) is 0 Å². The van der Waals surface area contributed by atoms with Gasteiger partial charge >= 0.3 is 0 Å². The number of ether oxygens (including phenoxy) is 1. The van der Waals surface area contributed by atoms with Gasteiger partial charge in [0.25, 0.3) is 11.8 Å². The Morgan fingerprint density at radius 2 is 1.81 bits per heavy atom. The van der Waals surface area contributed by atoms with Crippen molar-refractivity contribution in [3.8, 4) is 28.8 Å². The smallest absolute Gasteiger partial charge is 0.266 e. The molecule has 2 heterocycles. The van der Waals surface area contributed by atoms with Crippen molar-refractivity contribution >= 4 is 23.2 Å². The zero-order valence-electron chi connectivity index (χ0n) is 10.7. The Morgan fingerprint density at radius 3 is 2.57 bits per heavy atom. The fourth-order valence-electron chi connectivity index (χ4n) is 1.76. The van der Waals surface area contributed by atoms with Crippen molar-refractivity contribution in [3.63, 3.8) is 0 Å². The third-order valence-corrected chi connectivity index (χ3v) is 3.01. The van der Waals surface area contributed by atoms with Crippen molar-refractivity contribution in [2.24, 2.45) is 0 Å². The van der Waals surface area contributed by atoms with Gasteiger partial charge in [-0.2, -0.15) is 0 Å². The Balaban J connectivity index is 2.04. The minimum absolute atomic E-state index is 0.00883. The van der Waals surface area contributed by atoms with Gasteiger partial charge in [-0.1, -0.05) is 23.7 Å². The molecule has 8 heteroatoms. The monoisotopic (exact) mass is 322 g/mol. The lowest BCUT2D eigenvalue weighted by Gasteiger charge is -2.03. The number of rotatable bonds is 3. The van der Waals surface area contributed by atoms with Gasteiger partial charge < -0.3 is 9.15 Å². The molecule has 2 aromatic heterocycles. The van der Waals surface area contributed by atoms with Crippen molar-refractivity contribution in [2.45, 2.75) is 0 Å². The molecule has 0 saturated heterocycles. The first-order chi connectivity index (χ1) is 10.2. The van der Waals surface area contributed by atoms with Crippen molar-refractivity contribution in [1.82, 2.24) is 20.2 Å². The van der Waals surface area contributed by atoms with Crippen molar-refractivity contribution < 1.29 is 9.15 Å². The van der Waals surface area contributed by atoms with Gasteiger partial charge in [0.2, 0.25) is 5.28 Å². The van der Waals surface area contributed by atoms with Gasteiger partial charge in [-0.15, -0.1) is 10.2 Å². The fourth-order valence-corrected chi connectivity index (χ4v) is 2.17. The van der Waals surface area contributed by atoms with Crippen LogP contribution in [-0.2, 0) is 0 Å². The van der Waals surface area contributed by atoms with Gasteiger partial charge in [0.1, 0.15) is 16.6 Å². The number of hydrogen-bond donors (Lipinski definition) is 0. The molecule has 0 aliphatic heterocycles. The summed E-state index contributed by atoms with van der Waals surface area (Å²) in [5, 5.41) is 8.13. The molecule has 6 nitrogen and oxygen atoms in total. The number of para-hydroxylation sites is 1. The first-order valence-corrected chi connectivity index (χ1v) is 6.60. The van der Waals surface area contributed by atoms with E-state index in [1.54, 1.807) is 13.2 Å². The fraction of sp³-hybridized carbons (Fsp3) is 0.0769. The molecule has 0 aliphatic rings. The Bertz CT molecular complexity index is 771. The predicted molar refractivity (Wildman–Crippen MR) is 77.3 cm³/mol. The third-order valence-electron chi connectivity index (χ3n) is 2.65. The van der Waals surface area contributed by atoms with Crippen LogP contribution in [0.1, 0.15) is 0 Å². The van der Waals surface area contributed by atoms with Crippen LogP contribution in [0.5, 0.6) is 5.75 Å². The lowest BCUT2D eigenvalue weighted by Crippen LogP contribution is -1.88. The molecule has 1 aromatic carbocycles. The zero-order chi connectivity index (χ0) is 14.8. The number of nitrogens with zero attached hydrogens (tertiary/aromatic N) is 4. The highest BCUT2D eigenvalue weighted by atomic mass is 35.5. The molecular formula is C13H8Cl2N4O2. The quantitative estimate of drug-likeness (QED) is 0.542. The van der Waals surface area contributed by atoms with E-state index in [0.717, 1.165) is 0 Å². The first kappa shape index (κ1) is 13.8. The molecule has 3 aromatic rings. The molecule has 0 unspecified atom stereocenters. The molecule has 0 fully saturated rings. The summed E-state index contributed by atoms with van der Waals surface area (Å²) < 4.78 is 10.9. The van der Waals surface area contributed by atoms with Gasteiger partial charge in [-0.25, -0.2) is 9.97 Å². The SMILES string of the molecule is COc1ccccc1-c1nnc(-c2cc(Cl)nc(Cl)n2)o1. The molecule has 0 atom stereocenters. The van der Waals surface area contributed by atoms with Crippen LogP contribution in [0.2, 0.25) is 10.4 Å². The van der Waals surface area contributed by atoms with E-state index in [-0.39, 0.29) is 16.3 Å². The predicted octanol–water partition coefficient (Wildman–Crippen LogP) is 3.51. The normalized spacial score (nSPS) is 10.6. The van der Waals surface area contributed by atoms with Gasteiger partial charge in [0.05, 0.1) is 12.7 Å². The van der Waals surface area contributed by atoms with Gasteiger partial charge in [-0.05, 0) is 23.7 Å². The van der Waals surface area contributed by atoms with E-state index < -0.39 is 0 Å². The zero-order valence-corrected chi connectivity index (χ0v) is 12.3. The number of methoxy groups -OCH3 is 1. The Hall–Kier alpha value is -2.18. The summed E-state index contributed by atoms with van der Waals surface area (Å²) in [6.07, 6.45) is 0. The van der Waals surface area contributed by atoms with Crippen LogP contribution in [0, 0.1) is 0 Å². The summed E-state index contributed by atoms with van der Waals surface area (Å²) in [4.78, 5) is 7.76. The average Bonchev–Trinajstić information content (AvgIpc) is 2.96. The molecule has 0 saturated carbocycles. The molecular weight excluding hydrogens is 315 g/mol. The topological polar surface area (TPSA) is 73.9 Å². The molecule has 21 heavy (non-hydrogen) atoms. The number of hydrogen-bond acceptors (Lipinski definition) is 6. The van der Waals surface area contributed by atoms with E-state index in [9.17, 15) is 0 Å². The van der Waals surface area contributed by atoms with Gasteiger partial charge in [0.15, 0.2) is 0 Å². The summed E-state index contributed by atoms with van der Waals surface area (Å²) in [5.74, 6) is 1.14. The van der Waals surface area contributed by atoms with Crippen LogP contribution in [0.25, 0.3) is 23.0 Å². The largest absolute Gasteiger partial charge is 0.496 e. The highest BCUT2D eigenvalue weighted by Crippen LogP contribution is 2.30. The number of aromatic nitrogens is 4. The molecule has 3 rings (SSSR count). The minimum atomic E-state index is 0.00883. The Morgan fingerprint density at radius 1 is 1.05 bits per heavy atom. The highest BCUT2D eigenvalue weighted by Gasteiger charge is 2.16. The van der Waals surface area contributed by atoms with Crippen molar-refractivity contribution in [1.29, 1.82) is 0 Å². The van der Waals surface area contributed by atoms with E-state index in [0.29, 0.717) is 22.9 Å². The van der Waals surface area contributed by atoms with Crippen LogP contribution in [0.4, 0.5) is 0 Å². The number of benzene rings is 1. The highest BCUT2D eigenvalue weighted by molar-refractivity contribution is 6.32. The van der Waals surface area contributed by atoms with E-state index in [1.807, 2.05) is 18.2 Å². The molecule has 0 aliphatic carbocycles. The molecule has 0 radical (unpaired) electrons. The standard InChI is InChI=1S/C13H8Cl2N4O2/c1-20-9-5-3-2-4-7(9)11-18-19-12(21-11)8-6-10(14)17-13(15)16-8/h2-6H,1H3. The maximum absolute atomic E-state index is 5.83. The Kier molecular flexibility index (Phi) is 3.72. The first-order valence-electron chi connectivity index (χ1n) is 5.84. The lowest BCUT2D eigenvalue weighted by molar-refractivity contribution is 0.414. The van der Waals surface area contributed by atoms with E-state index in [4.69, 9.17) is 32.4 Å². The third kappa shape index (κ3) is 2.81. The van der Waals surface area contributed by atoms with E-state index in [1.165, 1.54) is 6.07 Å². The second-order valence-corrected chi connectivity index (χ2v) is 4.68. The molecule has 0 N–H and O–H groups in total. The van der Waals surface area contributed by atoms with E-state index >= 15 is 0 Å². The molecule has 0 bridgehead atoms. The van der Waals surface area contributed by atoms with Crippen LogP contribution in [-0.4, -0.2) is 27.3 Å². The van der Waals surface area contributed by atoms with Crippen LogP contribution >= 0.6 is 23.2 Å². The van der Waals surface area contributed by atoms with Crippen molar-refractivity contribution in [2.75, 3.05) is 7.11 Å². The lowest BCUT2D eigenvalue weighted by atomic mass is 10.2. The Labute approximate surface area is 129 Å². The van der Waals surface area contributed by atoms with Crippen LogP contribution < -0.4 is 4.74 Å². The van der Waals surface area contributed by atoms with Gasteiger partial charge in [-0.3, -0.25) is 0 Å². The van der Waals surface area contributed by atoms with E-state index in [2.05, 4.69) is 20.2 Å². The summed E-state index contributed by atoms with van der Waals surface area (Å²) >= 11 is 11.6. The number of halogens is 2. The summed E-state index contributed by atoms with van der Waals surface area (Å²) in [5.41, 5.74) is 1.04. The van der Waals surface area contributed by atoms with Crippen molar-refractivity contribution in [3.05, 3.63) is 40.8 Å². The molecule has 106 valence electrons. The summed E-state index contributed by atoms with van der Waals surface area (Å²) in [7, 11) is 1.57. The summed E-state index contributed by atoms with van der Waals surface area (Å²) in [6.45, 7) is 0. The maximum atomic E-state index is 5.83. The second-order valence-electron chi connectivity index (χ2n) is 3.96. The second kappa shape index (κ2) is 5.67. The maximum Gasteiger partial charge on any atom is 0.266 e. The summed E-state index contributed by atoms with van der Waals surface area (Å²) in [6, 6.07) is 8.81.